The molecule has 35 heavy (non-hydrogen) atoms. The van der Waals surface area contributed by atoms with Gasteiger partial charge in [-0.15, -0.1) is 0 Å². The Morgan fingerprint density at radius 3 is 1.49 bits per heavy atom. The van der Waals surface area contributed by atoms with E-state index in [1.165, 1.54) is 7.11 Å². The Kier molecular flexibility index (Phi) is 3.16. The smallest absolute Gasteiger partial charge is 0.323 e. The lowest BCUT2D eigenvalue weighted by molar-refractivity contribution is -0.148. The van der Waals surface area contributed by atoms with Gasteiger partial charge in [0.2, 0.25) is 0 Å². The summed E-state index contributed by atoms with van der Waals surface area (Å²) in [6.07, 6.45) is 0.359. The molecule has 10 fully saturated rings. The molecule has 0 radical (unpaired) electrons. The van der Waals surface area contributed by atoms with Crippen molar-refractivity contribution in [1.29, 1.82) is 0 Å². The largest absolute Gasteiger partial charge is 0.469 e. The third-order valence-corrected chi connectivity index (χ3v) is 19.4. The Labute approximate surface area is 228 Å². The van der Waals surface area contributed by atoms with E-state index in [4.69, 9.17) is 18.9 Å². The molecule has 16 unspecified atom stereocenters. The SMILES string of the molecule is COC(=O)C1C2C3C4C5C(Br)(C(=O)OC)C3C3(Br)C6C(OC)C7C8C6C6C(OC)C8C(C14)(C75Br)C623. The van der Waals surface area contributed by atoms with Crippen molar-refractivity contribution in [2.45, 2.75) is 25.2 Å². The van der Waals surface area contributed by atoms with E-state index in [-0.39, 0.29) is 85.1 Å². The summed E-state index contributed by atoms with van der Waals surface area (Å²) in [6.45, 7) is 0. The molecule has 10 aliphatic carbocycles. The molecule has 10 rings (SSSR count). The topological polar surface area (TPSA) is 71.1 Å². The zero-order chi connectivity index (χ0) is 24.1. The number of carbonyl (C=O) groups excluding carboxylic acids is 2. The van der Waals surface area contributed by atoms with Crippen molar-refractivity contribution >= 4 is 59.7 Å². The Morgan fingerprint density at radius 1 is 0.629 bits per heavy atom. The van der Waals surface area contributed by atoms with Crippen LogP contribution in [0.3, 0.4) is 0 Å². The van der Waals surface area contributed by atoms with E-state index < -0.39 is 4.32 Å². The fourth-order valence-corrected chi connectivity index (χ4v) is 22.4. The maximum Gasteiger partial charge on any atom is 0.323 e. The molecule has 4 bridgehead atoms. The second kappa shape index (κ2) is 5.23. The highest BCUT2D eigenvalue weighted by Crippen LogP contribution is 3.11. The van der Waals surface area contributed by atoms with E-state index in [0.29, 0.717) is 35.5 Å². The average Bonchev–Trinajstić information content (AvgIpc) is 3.65. The van der Waals surface area contributed by atoms with Gasteiger partial charge in [-0.05, 0) is 47.3 Å². The Bertz CT molecular complexity index is 1140. The Morgan fingerprint density at radius 2 is 1.09 bits per heavy atom. The predicted octanol–water partition coefficient (Wildman–Crippen LogP) is 2.88. The minimum absolute atomic E-state index is 0.0333. The third kappa shape index (κ3) is 1.25. The van der Waals surface area contributed by atoms with Gasteiger partial charge < -0.3 is 18.9 Å². The summed E-state index contributed by atoms with van der Waals surface area (Å²) in [7, 11) is 6.88. The molecule has 0 aromatic carbocycles. The van der Waals surface area contributed by atoms with Crippen LogP contribution in [-0.2, 0) is 28.5 Å². The van der Waals surface area contributed by atoms with Crippen LogP contribution >= 0.6 is 47.8 Å². The summed E-state index contributed by atoms with van der Waals surface area (Å²) in [5.41, 5.74) is -0.229. The summed E-state index contributed by atoms with van der Waals surface area (Å²) in [5, 5.41) is 0. The van der Waals surface area contributed by atoms with Crippen LogP contribution in [0.25, 0.3) is 0 Å². The lowest BCUT2D eigenvalue weighted by Crippen LogP contribution is -2.59. The minimum atomic E-state index is -0.778. The van der Waals surface area contributed by atoms with E-state index in [0.717, 1.165) is 0 Å². The number of ether oxygens (including phenoxy) is 4. The van der Waals surface area contributed by atoms with Gasteiger partial charge in [-0.3, -0.25) is 9.59 Å². The second-order valence-corrected chi connectivity index (χ2v) is 17.3. The van der Waals surface area contributed by atoms with Gasteiger partial charge in [-0.25, -0.2) is 0 Å². The minimum Gasteiger partial charge on any atom is -0.469 e. The van der Waals surface area contributed by atoms with Crippen molar-refractivity contribution in [2.75, 3.05) is 28.4 Å². The maximum absolute atomic E-state index is 13.9. The number of fused-ring (bicyclic) bond motifs is 4. The molecule has 10 saturated carbocycles. The Hall–Kier alpha value is 0.300. The lowest BCUT2D eigenvalue weighted by Gasteiger charge is -2.55. The summed E-state index contributed by atoms with van der Waals surface area (Å²) >= 11 is 13.4. The Balaban J connectivity index is 1.42. The van der Waals surface area contributed by atoms with Crippen molar-refractivity contribution in [3.05, 3.63) is 0 Å². The van der Waals surface area contributed by atoms with Crippen molar-refractivity contribution < 1.29 is 28.5 Å². The zero-order valence-corrected chi connectivity index (χ0v) is 24.5. The van der Waals surface area contributed by atoms with Gasteiger partial charge in [-0.2, -0.15) is 0 Å². The van der Waals surface area contributed by atoms with Crippen molar-refractivity contribution in [3.8, 4) is 0 Å². The first-order valence-electron chi connectivity index (χ1n) is 13.0. The number of hydrogen-bond donors (Lipinski definition) is 0. The van der Waals surface area contributed by atoms with E-state index in [1.807, 2.05) is 14.2 Å². The molecule has 0 heterocycles. The quantitative estimate of drug-likeness (QED) is 0.338. The highest BCUT2D eigenvalue weighted by Gasteiger charge is 3.14. The van der Waals surface area contributed by atoms with Crippen LogP contribution in [0.5, 0.6) is 0 Å². The number of halogens is 3. The predicted molar refractivity (Wildman–Crippen MR) is 131 cm³/mol. The first-order chi connectivity index (χ1) is 16.7. The second-order valence-electron chi connectivity index (χ2n) is 13.4. The molecule has 0 amide bonds. The van der Waals surface area contributed by atoms with E-state index in [2.05, 4.69) is 47.8 Å². The van der Waals surface area contributed by atoms with Crippen molar-refractivity contribution in [1.82, 2.24) is 0 Å². The number of rotatable bonds is 4. The molecule has 0 N–H and O–H groups in total. The van der Waals surface area contributed by atoms with Gasteiger partial charge in [0.1, 0.15) is 4.32 Å². The molecule has 9 heteroatoms. The van der Waals surface area contributed by atoms with E-state index >= 15 is 0 Å². The standard InChI is InChI=1S/C26H27Br3O6/c1-32-16-12-5-6-13(16)24-11-8-7-10(9(11)20(30)34-3)23(12,24)25(28)14(5)17(33-2)15(6)26(24,29)19(8)22(27,18(7)25)21(31)35-4/h5-19H,1-4H3. The fraction of sp³-hybridized carbons (Fsp3) is 0.923. The van der Waals surface area contributed by atoms with E-state index in [1.54, 1.807) is 7.11 Å². The van der Waals surface area contributed by atoms with E-state index in [9.17, 15) is 9.59 Å². The summed E-state index contributed by atoms with van der Waals surface area (Å²) < 4.78 is 22.7. The van der Waals surface area contributed by atoms with Crippen LogP contribution < -0.4 is 0 Å². The molecule has 0 aromatic rings. The molecule has 16 atom stereocenters. The number of hydrogen-bond acceptors (Lipinski definition) is 6. The van der Waals surface area contributed by atoms with Gasteiger partial charge in [-0.1, -0.05) is 47.8 Å². The summed E-state index contributed by atoms with van der Waals surface area (Å²) in [5.74, 6) is 3.17. The van der Waals surface area contributed by atoms with Gasteiger partial charge in [0.05, 0.1) is 32.3 Å². The van der Waals surface area contributed by atoms with Crippen molar-refractivity contribution in [2.24, 2.45) is 87.8 Å². The molecular formula is C26H27Br3O6. The van der Waals surface area contributed by atoms with Gasteiger partial charge >= 0.3 is 11.9 Å². The van der Waals surface area contributed by atoms with Gasteiger partial charge in [0, 0.05) is 57.4 Å². The van der Waals surface area contributed by atoms with Crippen LogP contribution in [0.2, 0.25) is 0 Å². The molecule has 6 nitrogen and oxygen atoms in total. The number of methoxy groups -OCH3 is 4. The number of alkyl halides is 3. The maximum atomic E-state index is 13.9. The summed E-state index contributed by atoms with van der Waals surface area (Å²) in [4.78, 5) is 27.6. The summed E-state index contributed by atoms with van der Waals surface area (Å²) in [6, 6.07) is 0. The van der Waals surface area contributed by atoms with Crippen LogP contribution in [0.4, 0.5) is 0 Å². The van der Waals surface area contributed by atoms with Crippen LogP contribution in [0, 0.1) is 87.8 Å². The molecule has 188 valence electrons. The molecular weight excluding hydrogens is 648 g/mol. The van der Waals surface area contributed by atoms with Gasteiger partial charge in [0.15, 0.2) is 0 Å². The zero-order valence-electron chi connectivity index (χ0n) is 19.7. The van der Waals surface area contributed by atoms with Gasteiger partial charge in [0.25, 0.3) is 0 Å². The molecule has 0 aromatic heterocycles. The number of carbonyl (C=O) groups is 2. The highest BCUT2D eigenvalue weighted by molar-refractivity contribution is 9.11. The third-order valence-electron chi connectivity index (χ3n) is 14.7. The van der Waals surface area contributed by atoms with Crippen LogP contribution in [-0.4, -0.2) is 65.6 Å². The fourth-order valence-electron chi connectivity index (χ4n) is 16.1. The first kappa shape index (κ1) is 21.2. The monoisotopic (exact) mass is 672 g/mol. The first-order valence-corrected chi connectivity index (χ1v) is 15.4. The number of esters is 2. The molecule has 2 spiro atoms. The average molecular weight is 675 g/mol. The van der Waals surface area contributed by atoms with Crippen LogP contribution in [0.15, 0.2) is 0 Å². The highest BCUT2D eigenvalue weighted by atomic mass is 79.9. The lowest BCUT2D eigenvalue weighted by atomic mass is 9.51. The molecule has 10 aliphatic rings. The normalized spacial score (nSPS) is 76.6. The molecule has 0 saturated heterocycles. The molecule has 0 aliphatic heterocycles. The van der Waals surface area contributed by atoms with Crippen molar-refractivity contribution in [3.63, 3.8) is 0 Å². The van der Waals surface area contributed by atoms with Crippen LogP contribution in [0.1, 0.15) is 0 Å².